The van der Waals surface area contributed by atoms with E-state index in [1.165, 1.54) is 0 Å². The van der Waals surface area contributed by atoms with Crippen LogP contribution in [0.1, 0.15) is 40.0 Å². The molecule has 3 N–H and O–H groups in total. The Kier molecular flexibility index (Phi) is 4.37. The number of likely N-dealkylation sites (tertiary alicyclic amines) is 1. The SMILES string of the molecule is CC(C)(C)NC(=O)N1CCC[C@H](CC(N)=O)C1. The monoisotopic (exact) mass is 241 g/mol. The predicted octanol–water partition coefficient (Wildman–Crippen LogP) is 1.08. The number of primary amides is 1. The molecule has 1 aliphatic heterocycles. The minimum Gasteiger partial charge on any atom is -0.370 e. The van der Waals surface area contributed by atoms with Crippen molar-refractivity contribution >= 4 is 11.9 Å². The molecule has 3 amide bonds. The molecule has 98 valence electrons. The lowest BCUT2D eigenvalue weighted by atomic mass is 9.95. The Morgan fingerprint density at radius 1 is 1.41 bits per heavy atom. The van der Waals surface area contributed by atoms with Crippen LogP contribution in [-0.2, 0) is 4.79 Å². The summed E-state index contributed by atoms with van der Waals surface area (Å²) in [7, 11) is 0. The van der Waals surface area contributed by atoms with Gasteiger partial charge in [-0.15, -0.1) is 0 Å². The minimum atomic E-state index is -0.284. The summed E-state index contributed by atoms with van der Waals surface area (Å²) in [5, 5.41) is 2.93. The highest BCUT2D eigenvalue weighted by atomic mass is 16.2. The van der Waals surface area contributed by atoms with Gasteiger partial charge in [0, 0.05) is 25.0 Å². The van der Waals surface area contributed by atoms with Crippen molar-refractivity contribution in [3.05, 3.63) is 0 Å². The molecule has 1 rings (SSSR count). The van der Waals surface area contributed by atoms with Gasteiger partial charge < -0.3 is 16.0 Å². The van der Waals surface area contributed by atoms with Crippen LogP contribution in [0.2, 0.25) is 0 Å². The van der Waals surface area contributed by atoms with Crippen LogP contribution < -0.4 is 11.1 Å². The van der Waals surface area contributed by atoms with Gasteiger partial charge in [-0.25, -0.2) is 4.79 Å². The molecule has 0 radical (unpaired) electrons. The maximum absolute atomic E-state index is 11.9. The molecule has 1 aliphatic rings. The van der Waals surface area contributed by atoms with Gasteiger partial charge in [0.1, 0.15) is 0 Å². The molecule has 1 atom stereocenters. The van der Waals surface area contributed by atoms with E-state index in [0.29, 0.717) is 13.0 Å². The first-order valence-electron chi connectivity index (χ1n) is 6.13. The fourth-order valence-corrected chi connectivity index (χ4v) is 2.10. The fraction of sp³-hybridized carbons (Fsp3) is 0.833. The Morgan fingerprint density at radius 2 is 2.06 bits per heavy atom. The highest BCUT2D eigenvalue weighted by molar-refractivity contribution is 5.76. The van der Waals surface area contributed by atoms with Gasteiger partial charge in [-0.2, -0.15) is 0 Å². The highest BCUT2D eigenvalue weighted by Gasteiger charge is 2.26. The predicted molar refractivity (Wildman–Crippen MR) is 66.4 cm³/mol. The van der Waals surface area contributed by atoms with Crippen molar-refractivity contribution in [2.24, 2.45) is 11.7 Å². The van der Waals surface area contributed by atoms with Crippen molar-refractivity contribution in [1.82, 2.24) is 10.2 Å². The minimum absolute atomic E-state index is 0.0494. The number of nitrogens with one attached hydrogen (secondary N) is 1. The van der Waals surface area contributed by atoms with Crippen molar-refractivity contribution in [3.63, 3.8) is 0 Å². The van der Waals surface area contributed by atoms with Crippen LogP contribution in [0.5, 0.6) is 0 Å². The maximum atomic E-state index is 11.9. The molecule has 0 saturated carbocycles. The van der Waals surface area contributed by atoms with Gasteiger partial charge in [0.05, 0.1) is 0 Å². The average Bonchev–Trinajstić information content (AvgIpc) is 2.14. The Bertz CT molecular complexity index is 297. The van der Waals surface area contributed by atoms with Gasteiger partial charge in [0.2, 0.25) is 5.91 Å². The number of nitrogens with zero attached hydrogens (tertiary/aromatic N) is 1. The van der Waals surface area contributed by atoms with Crippen LogP contribution in [0.25, 0.3) is 0 Å². The van der Waals surface area contributed by atoms with Crippen molar-refractivity contribution in [3.8, 4) is 0 Å². The molecule has 0 aromatic heterocycles. The van der Waals surface area contributed by atoms with E-state index in [1.54, 1.807) is 4.90 Å². The Balaban J connectivity index is 2.49. The van der Waals surface area contributed by atoms with Crippen LogP contribution >= 0.6 is 0 Å². The molecule has 0 aliphatic carbocycles. The second-order valence-electron chi connectivity index (χ2n) is 5.80. The summed E-state index contributed by atoms with van der Waals surface area (Å²) in [6.45, 7) is 7.25. The van der Waals surface area contributed by atoms with E-state index in [0.717, 1.165) is 19.4 Å². The first kappa shape index (κ1) is 13.8. The molecule has 0 bridgehead atoms. The van der Waals surface area contributed by atoms with E-state index in [-0.39, 0.29) is 23.4 Å². The third-order valence-corrected chi connectivity index (χ3v) is 2.78. The summed E-state index contributed by atoms with van der Waals surface area (Å²) in [6, 6.07) is -0.0494. The molecule has 0 aromatic rings. The van der Waals surface area contributed by atoms with E-state index >= 15 is 0 Å². The number of rotatable bonds is 2. The molecule has 5 nitrogen and oxygen atoms in total. The van der Waals surface area contributed by atoms with Gasteiger partial charge in [-0.05, 0) is 39.5 Å². The topological polar surface area (TPSA) is 75.4 Å². The molecule has 0 spiro atoms. The molecule has 1 saturated heterocycles. The van der Waals surface area contributed by atoms with E-state index in [4.69, 9.17) is 5.73 Å². The molecular weight excluding hydrogens is 218 g/mol. The van der Waals surface area contributed by atoms with E-state index in [2.05, 4.69) is 5.32 Å². The van der Waals surface area contributed by atoms with E-state index in [9.17, 15) is 9.59 Å². The van der Waals surface area contributed by atoms with Gasteiger partial charge in [0.15, 0.2) is 0 Å². The Hall–Kier alpha value is -1.26. The van der Waals surface area contributed by atoms with Gasteiger partial charge in [0.25, 0.3) is 0 Å². The molecular formula is C12H23N3O2. The lowest BCUT2D eigenvalue weighted by Crippen LogP contribution is -2.51. The Labute approximate surface area is 103 Å². The number of carbonyl (C=O) groups excluding carboxylic acids is 2. The summed E-state index contributed by atoms with van der Waals surface area (Å²) >= 11 is 0. The zero-order chi connectivity index (χ0) is 13.1. The molecule has 1 fully saturated rings. The van der Waals surface area contributed by atoms with Crippen LogP contribution in [-0.4, -0.2) is 35.5 Å². The average molecular weight is 241 g/mol. The first-order valence-corrected chi connectivity index (χ1v) is 6.13. The highest BCUT2D eigenvalue weighted by Crippen LogP contribution is 2.19. The summed E-state index contributed by atoms with van der Waals surface area (Å²) in [5.74, 6) is -0.0694. The third-order valence-electron chi connectivity index (χ3n) is 2.78. The standard InChI is InChI=1S/C12H23N3O2/c1-12(2,3)14-11(17)15-6-4-5-9(8-15)7-10(13)16/h9H,4-8H2,1-3H3,(H2,13,16)(H,14,17)/t9-/m1/s1. The first-order chi connectivity index (χ1) is 7.78. The third kappa shape index (κ3) is 5.06. The molecule has 1 heterocycles. The molecule has 5 heteroatoms. The fourth-order valence-electron chi connectivity index (χ4n) is 2.10. The largest absolute Gasteiger partial charge is 0.370 e. The van der Waals surface area contributed by atoms with Crippen molar-refractivity contribution in [1.29, 1.82) is 0 Å². The number of nitrogens with two attached hydrogens (primary N) is 1. The quantitative estimate of drug-likeness (QED) is 0.759. The Morgan fingerprint density at radius 3 is 2.59 bits per heavy atom. The number of piperidine rings is 1. The van der Waals surface area contributed by atoms with Crippen LogP contribution in [0.4, 0.5) is 4.79 Å². The van der Waals surface area contributed by atoms with Crippen molar-refractivity contribution in [2.45, 2.75) is 45.6 Å². The smallest absolute Gasteiger partial charge is 0.317 e. The van der Waals surface area contributed by atoms with E-state index < -0.39 is 0 Å². The van der Waals surface area contributed by atoms with Gasteiger partial charge in [-0.3, -0.25) is 4.79 Å². The zero-order valence-corrected chi connectivity index (χ0v) is 11.0. The number of carbonyl (C=O) groups is 2. The van der Waals surface area contributed by atoms with Gasteiger partial charge in [-0.1, -0.05) is 0 Å². The van der Waals surface area contributed by atoms with Crippen LogP contribution in [0, 0.1) is 5.92 Å². The molecule has 17 heavy (non-hydrogen) atoms. The number of amides is 3. The number of hydrogen-bond acceptors (Lipinski definition) is 2. The summed E-state index contributed by atoms with van der Waals surface area (Å²) in [5.41, 5.74) is 4.96. The second kappa shape index (κ2) is 5.38. The molecule has 0 aromatic carbocycles. The lowest BCUT2D eigenvalue weighted by molar-refractivity contribution is -0.119. The van der Waals surface area contributed by atoms with E-state index in [1.807, 2.05) is 20.8 Å². The maximum Gasteiger partial charge on any atom is 0.317 e. The number of hydrogen-bond donors (Lipinski definition) is 2. The summed E-state index contributed by atoms with van der Waals surface area (Å²) < 4.78 is 0. The normalized spacial score (nSPS) is 21.1. The van der Waals surface area contributed by atoms with Gasteiger partial charge >= 0.3 is 6.03 Å². The molecule has 0 unspecified atom stereocenters. The zero-order valence-electron chi connectivity index (χ0n) is 11.0. The summed E-state index contributed by atoms with van der Waals surface area (Å²) in [6.07, 6.45) is 2.29. The second-order valence-corrected chi connectivity index (χ2v) is 5.80. The van der Waals surface area contributed by atoms with Crippen molar-refractivity contribution < 1.29 is 9.59 Å². The van der Waals surface area contributed by atoms with Crippen molar-refractivity contribution in [2.75, 3.05) is 13.1 Å². The number of urea groups is 1. The summed E-state index contributed by atoms with van der Waals surface area (Å²) in [4.78, 5) is 24.6. The van der Waals surface area contributed by atoms with Crippen LogP contribution in [0.15, 0.2) is 0 Å². The van der Waals surface area contributed by atoms with Crippen LogP contribution in [0.3, 0.4) is 0 Å². The lowest BCUT2D eigenvalue weighted by Gasteiger charge is -2.34.